The third kappa shape index (κ3) is 7.15. The van der Waals surface area contributed by atoms with E-state index in [-0.39, 0.29) is 11.0 Å². The van der Waals surface area contributed by atoms with Crippen LogP contribution in [0.1, 0.15) is 107 Å². The highest BCUT2D eigenvalue weighted by Crippen LogP contribution is 2.52. The van der Waals surface area contributed by atoms with Crippen LogP contribution in [0.4, 0.5) is 0 Å². The van der Waals surface area contributed by atoms with Crippen molar-refractivity contribution >= 4 is 24.9 Å². The van der Waals surface area contributed by atoms with Gasteiger partial charge in [0.05, 0.1) is 13.1 Å². The minimum absolute atomic E-state index is 0.0610. The van der Waals surface area contributed by atoms with Crippen LogP contribution < -0.4 is 9.92 Å². The molecular formula is C48H55ClOSi. The van der Waals surface area contributed by atoms with Gasteiger partial charge in [-0.1, -0.05) is 177 Å². The van der Waals surface area contributed by atoms with E-state index in [0.29, 0.717) is 23.5 Å². The standard InChI is InChI=1S/C48H55ClOSi/c1-11-26-50-46-44(49)29-39(48(6,7)8)30-45(46)51(9,10)47-42-27-37(35-18-14-33(15-19-35)31(4)12-2)22-24-40(42)41-25-23-38(28-43(41)47)36-20-16-34(17-21-36)32(5)13-3/h11,14-25,27-32,47H,1,12-13,26H2,2-10H3. The van der Waals surface area contributed by atoms with Crippen molar-refractivity contribution in [3.63, 3.8) is 0 Å². The van der Waals surface area contributed by atoms with Gasteiger partial charge in [0.2, 0.25) is 0 Å². The van der Waals surface area contributed by atoms with Gasteiger partial charge in [0.15, 0.2) is 0 Å². The van der Waals surface area contributed by atoms with Crippen molar-refractivity contribution in [2.45, 2.75) is 97.2 Å². The zero-order valence-electron chi connectivity index (χ0n) is 32.2. The lowest BCUT2D eigenvalue weighted by Gasteiger charge is -2.35. The Bertz CT molecular complexity index is 1930. The molecule has 0 bridgehead atoms. The molecule has 6 rings (SSSR count). The summed E-state index contributed by atoms with van der Waals surface area (Å²) in [4.78, 5) is 0. The maximum atomic E-state index is 7.15. The van der Waals surface area contributed by atoms with Gasteiger partial charge in [0.1, 0.15) is 12.4 Å². The van der Waals surface area contributed by atoms with Crippen LogP contribution in [0.3, 0.4) is 0 Å². The van der Waals surface area contributed by atoms with Gasteiger partial charge in [0.25, 0.3) is 0 Å². The lowest BCUT2D eigenvalue weighted by atomic mass is 9.87. The Morgan fingerprint density at radius 2 is 1.16 bits per heavy atom. The molecule has 0 aromatic heterocycles. The fourth-order valence-electron chi connectivity index (χ4n) is 7.83. The molecule has 1 aliphatic rings. The molecule has 0 fully saturated rings. The second kappa shape index (κ2) is 14.6. The van der Waals surface area contributed by atoms with Crippen LogP contribution in [-0.2, 0) is 5.41 Å². The van der Waals surface area contributed by atoms with Gasteiger partial charge < -0.3 is 4.74 Å². The summed E-state index contributed by atoms with van der Waals surface area (Å²) in [7, 11) is -2.43. The quantitative estimate of drug-likeness (QED) is 0.0979. The van der Waals surface area contributed by atoms with Crippen LogP contribution >= 0.6 is 11.6 Å². The smallest absolute Gasteiger partial charge is 0.137 e. The van der Waals surface area contributed by atoms with E-state index < -0.39 is 8.07 Å². The molecule has 0 spiro atoms. The summed E-state index contributed by atoms with van der Waals surface area (Å²) >= 11 is 7.15. The average Bonchev–Trinajstić information content (AvgIpc) is 3.46. The summed E-state index contributed by atoms with van der Waals surface area (Å²) in [5.74, 6) is 1.92. The molecule has 0 amide bonds. The average molecular weight is 712 g/mol. The van der Waals surface area contributed by atoms with Crippen molar-refractivity contribution in [2.24, 2.45) is 0 Å². The third-order valence-corrected chi connectivity index (χ3v) is 15.6. The minimum atomic E-state index is -2.43. The predicted octanol–water partition coefficient (Wildman–Crippen LogP) is 13.8. The van der Waals surface area contributed by atoms with Crippen molar-refractivity contribution in [2.75, 3.05) is 6.61 Å². The highest BCUT2D eigenvalue weighted by molar-refractivity contribution is 6.92. The molecule has 0 N–H and O–H groups in total. The van der Waals surface area contributed by atoms with E-state index in [1.165, 1.54) is 66.4 Å². The first-order chi connectivity index (χ1) is 24.3. The molecule has 3 heteroatoms. The highest BCUT2D eigenvalue weighted by Gasteiger charge is 2.44. The second-order valence-corrected chi connectivity index (χ2v) is 21.3. The van der Waals surface area contributed by atoms with E-state index >= 15 is 0 Å². The lowest BCUT2D eigenvalue weighted by Crippen LogP contribution is -2.49. The van der Waals surface area contributed by atoms with Gasteiger partial charge in [-0.15, -0.1) is 0 Å². The van der Waals surface area contributed by atoms with Gasteiger partial charge in [-0.2, -0.15) is 0 Å². The molecule has 1 aliphatic carbocycles. The Hall–Kier alpha value is -3.85. The van der Waals surface area contributed by atoms with E-state index in [9.17, 15) is 0 Å². The molecule has 0 aliphatic heterocycles. The lowest BCUT2D eigenvalue weighted by molar-refractivity contribution is 0.366. The van der Waals surface area contributed by atoms with E-state index in [0.717, 1.165) is 18.6 Å². The summed E-state index contributed by atoms with van der Waals surface area (Å²) in [6.45, 7) is 25.3. The Balaban J connectivity index is 1.55. The first-order valence-electron chi connectivity index (χ1n) is 18.9. The van der Waals surface area contributed by atoms with Crippen LogP contribution in [0.2, 0.25) is 18.1 Å². The Morgan fingerprint density at radius 3 is 1.57 bits per heavy atom. The monoisotopic (exact) mass is 710 g/mol. The van der Waals surface area contributed by atoms with Gasteiger partial charge in [-0.3, -0.25) is 0 Å². The van der Waals surface area contributed by atoms with Gasteiger partial charge in [-0.25, -0.2) is 0 Å². The molecule has 1 nitrogen and oxygen atoms in total. The summed E-state index contributed by atoms with van der Waals surface area (Å²) in [5, 5.41) is 1.95. The van der Waals surface area contributed by atoms with Crippen LogP contribution in [0.15, 0.2) is 110 Å². The summed E-state index contributed by atoms with van der Waals surface area (Å²) < 4.78 is 6.46. The molecule has 264 valence electrons. The van der Waals surface area contributed by atoms with Crippen molar-refractivity contribution in [3.8, 4) is 39.1 Å². The Labute approximate surface area is 313 Å². The number of ether oxygens (including phenoxy) is 1. The SMILES string of the molecule is C=CCOc1c(Cl)cc(C(C)(C)C)cc1[Si](C)(C)C1c2cc(-c3ccc(C(C)CC)cc3)ccc2-c2ccc(-c3ccc(C(C)CC)cc3)cc21. The van der Waals surface area contributed by atoms with Crippen molar-refractivity contribution in [1.82, 2.24) is 0 Å². The normalized spacial score (nSPS) is 15.2. The van der Waals surface area contributed by atoms with Gasteiger partial charge >= 0.3 is 0 Å². The van der Waals surface area contributed by atoms with Crippen LogP contribution in [0.25, 0.3) is 33.4 Å². The van der Waals surface area contributed by atoms with E-state index in [4.69, 9.17) is 16.3 Å². The van der Waals surface area contributed by atoms with Crippen LogP contribution in [0, 0.1) is 0 Å². The fourth-order valence-corrected chi connectivity index (χ4v) is 11.8. The molecule has 51 heavy (non-hydrogen) atoms. The Morgan fingerprint density at radius 1 is 0.706 bits per heavy atom. The van der Waals surface area contributed by atoms with Crippen molar-refractivity contribution < 1.29 is 4.74 Å². The van der Waals surface area contributed by atoms with E-state index in [1.54, 1.807) is 0 Å². The number of benzene rings is 5. The molecule has 0 heterocycles. The van der Waals surface area contributed by atoms with Crippen molar-refractivity contribution in [3.05, 3.63) is 143 Å². The molecule has 5 aromatic carbocycles. The zero-order chi connectivity index (χ0) is 36.7. The van der Waals surface area contributed by atoms with Gasteiger partial charge in [0, 0.05) is 5.54 Å². The fraction of sp³-hybridized carbons (Fsp3) is 0.333. The maximum absolute atomic E-state index is 7.15. The second-order valence-electron chi connectivity index (χ2n) is 16.3. The molecule has 2 unspecified atom stereocenters. The zero-order valence-corrected chi connectivity index (χ0v) is 33.9. The Kier molecular flexibility index (Phi) is 10.6. The summed E-state index contributed by atoms with van der Waals surface area (Å²) in [5.41, 5.74) is 14.7. The topological polar surface area (TPSA) is 9.23 Å². The largest absolute Gasteiger partial charge is 0.488 e. The number of rotatable bonds is 11. The summed E-state index contributed by atoms with van der Waals surface area (Å²) in [6, 6.07) is 37.3. The first-order valence-corrected chi connectivity index (χ1v) is 22.3. The molecule has 5 aromatic rings. The minimum Gasteiger partial charge on any atom is -0.488 e. The summed E-state index contributed by atoms with van der Waals surface area (Å²) in [6.07, 6.45) is 4.09. The predicted molar refractivity (Wildman–Crippen MR) is 225 cm³/mol. The van der Waals surface area contributed by atoms with E-state index in [2.05, 4.69) is 165 Å². The van der Waals surface area contributed by atoms with Crippen LogP contribution in [0.5, 0.6) is 5.75 Å². The van der Waals surface area contributed by atoms with Crippen LogP contribution in [-0.4, -0.2) is 14.7 Å². The number of fused-ring (bicyclic) bond motifs is 3. The molecule has 0 saturated heterocycles. The first kappa shape index (κ1) is 36.9. The maximum Gasteiger partial charge on any atom is 0.137 e. The molecular weight excluding hydrogens is 656 g/mol. The molecule has 0 radical (unpaired) electrons. The van der Waals surface area contributed by atoms with Gasteiger partial charge in [-0.05, 0) is 103 Å². The number of halogens is 1. The highest BCUT2D eigenvalue weighted by atomic mass is 35.5. The van der Waals surface area contributed by atoms with E-state index in [1.807, 2.05) is 6.08 Å². The van der Waals surface area contributed by atoms with Crippen molar-refractivity contribution in [1.29, 1.82) is 0 Å². The molecule has 2 atom stereocenters. The molecule has 0 saturated carbocycles. The number of hydrogen-bond donors (Lipinski definition) is 0. The third-order valence-electron chi connectivity index (χ3n) is 11.5. The number of hydrogen-bond acceptors (Lipinski definition) is 1.